The normalized spacial score (nSPS) is 14.6. The zero-order chi connectivity index (χ0) is 14.7. The van der Waals surface area contributed by atoms with Crippen LogP contribution in [0.15, 0.2) is 40.2 Å². The summed E-state index contributed by atoms with van der Waals surface area (Å²) in [5, 5.41) is 9.45. The molecule has 3 heterocycles. The van der Waals surface area contributed by atoms with E-state index in [9.17, 15) is 9.90 Å². The standard InChI is InChI=1S/C15H15N3O3/c19-11-7-12(18-13(20)8-11)10-4-5-15(17-9-10)21-14-3-1-2-6-16-14/h4-5,7-9H,1-3,6H2,(H2,18,19,20). The molecule has 0 aromatic carbocycles. The number of hydrogen-bond donors (Lipinski definition) is 2. The number of nitrogens with zero attached hydrogens (tertiary/aromatic N) is 2. The summed E-state index contributed by atoms with van der Waals surface area (Å²) in [5.41, 5.74) is 0.844. The summed E-state index contributed by atoms with van der Waals surface area (Å²) in [4.78, 5) is 22.5. The zero-order valence-corrected chi connectivity index (χ0v) is 11.4. The first-order chi connectivity index (χ1) is 10.2. The van der Waals surface area contributed by atoms with Crippen molar-refractivity contribution in [1.29, 1.82) is 0 Å². The van der Waals surface area contributed by atoms with Crippen molar-refractivity contribution in [3.63, 3.8) is 0 Å². The van der Waals surface area contributed by atoms with Crippen molar-refractivity contribution in [2.24, 2.45) is 4.99 Å². The van der Waals surface area contributed by atoms with Crippen LogP contribution in [0.2, 0.25) is 0 Å². The Balaban J connectivity index is 1.80. The van der Waals surface area contributed by atoms with Gasteiger partial charge in [0.25, 0.3) is 5.56 Å². The van der Waals surface area contributed by atoms with E-state index in [2.05, 4.69) is 15.0 Å². The molecule has 1 aliphatic rings. The Kier molecular flexibility index (Phi) is 3.68. The molecule has 0 aliphatic carbocycles. The monoisotopic (exact) mass is 285 g/mol. The van der Waals surface area contributed by atoms with Gasteiger partial charge in [0.2, 0.25) is 5.88 Å². The average molecular weight is 285 g/mol. The molecule has 108 valence electrons. The predicted molar refractivity (Wildman–Crippen MR) is 78.7 cm³/mol. The minimum Gasteiger partial charge on any atom is -0.508 e. The molecular formula is C15H15N3O3. The van der Waals surface area contributed by atoms with Crippen molar-refractivity contribution in [2.75, 3.05) is 6.54 Å². The van der Waals surface area contributed by atoms with Crippen molar-refractivity contribution in [2.45, 2.75) is 19.3 Å². The molecule has 0 saturated carbocycles. The van der Waals surface area contributed by atoms with Crippen molar-refractivity contribution in [3.8, 4) is 22.9 Å². The largest absolute Gasteiger partial charge is 0.508 e. The van der Waals surface area contributed by atoms with E-state index in [1.165, 1.54) is 6.07 Å². The Morgan fingerprint density at radius 2 is 2.14 bits per heavy atom. The molecular weight excluding hydrogens is 270 g/mol. The van der Waals surface area contributed by atoms with Crippen LogP contribution in [0.5, 0.6) is 11.6 Å². The molecule has 3 rings (SSSR count). The lowest BCUT2D eigenvalue weighted by atomic mass is 10.2. The van der Waals surface area contributed by atoms with E-state index in [0.717, 1.165) is 31.9 Å². The topological polar surface area (TPSA) is 87.6 Å². The summed E-state index contributed by atoms with van der Waals surface area (Å²) in [6, 6.07) is 6.09. The molecule has 0 bridgehead atoms. The van der Waals surface area contributed by atoms with Gasteiger partial charge in [-0.25, -0.2) is 4.98 Å². The van der Waals surface area contributed by atoms with Crippen LogP contribution < -0.4 is 10.3 Å². The summed E-state index contributed by atoms with van der Waals surface area (Å²) in [7, 11) is 0. The third-order valence-electron chi connectivity index (χ3n) is 3.19. The van der Waals surface area contributed by atoms with E-state index in [0.29, 0.717) is 23.0 Å². The number of ether oxygens (including phenoxy) is 1. The molecule has 0 atom stereocenters. The van der Waals surface area contributed by atoms with Gasteiger partial charge < -0.3 is 14.8 Å². The molecule has 0 radical (unpaired) electrons. The molecule has 0 unspecified atom stereocenters. The first-order valence-electron chi connectivity index (χ1n) is 6.82. The minimum absolute atomic E-state index is 0.0781. The van der Waals surface area contributed by atoms with Crippen LogP contribution in [-0.2, 0) is 0 Å². The second kappa shape index (κ2) is 5.78. The predicted octanol–water partition coefficient (Wildman–Crippen LogP) is 2.10. The lowest BCUT2D eigenvalue weighted by molar-refractivity contribution is 0.474. The van der Waals surface area contributed by atoms with Gasteiger partial charge in [0, 0.05) is 42.9 Å². The Hall–Kier alpha value is -2.63. The molecule has 0 fully saturated rings. The maximum absolute atomic E-state index is 11.3. The average Bonchev–Trinajstić information content (AvgIpc) is 2.48. The van der Waals surface area contributed by atoms with Crippen molar-refractivity contribution < 1.29 is 9.84 Å². The van der Waals surface area contributed by atoms with E-state index >= 15 is 0 Å². The van der Waals surface area contributed by atoms with Crippen LogP contribution in [-0.4, -0.2) is 27.5 Å². The van der Waals surface area contributed by atoms with Crippen molar-refractivity contribution >= 4 is 5.90 Å². The number of rotatable bonds is 2. The van der Waals surface area contributed by atoms with E-state index in [1.54, 1.807) is 18.3 Å². The van der Waals surface area contributed by atoms with Crippen molar-refractivity contribution in [1.82, 2.24) is 9.97 Å². The Morgan fingerprint density at radius 1 is 1.24 bits per heavy atom. The van der Waals surface area contributed by atoms with E-state index in [-0.39, 0.29) is 11.3 Å². The fourth-order valence-electron chi connectivity index (χ4n) is 2.16. The maximum atomic E-state index is 11.3. The number of aromatic hydroxyl groups is 1. The first kappa shape index (κ1) is 13.4. The second-order valence-corrected chi connectivity index (χ2v) is 4.84. The smallest absolute Gasteiger partial charge is 0.252 e. The van der Waals surface area contributed by atoms with Gasteiger partial charge in [-0.1, -0.05) is 0 Å². The lowest BCUT2D eigenvalue weighted by Crippen LogP contribution is -2.13. The lowest BCUT2D eigenvalue weighted by Gasteiger charge is -2.12. The van der Waals surface area contributed by atoms with Crippen LogP contribution in [0.4, 0.5) is 0 Å². The van der Waals surface area contributed by atoms with Crippen LogP contribution >= 0.6 is 0 Å². The fourth-order valence-corrected chi connectivity index (χ4v) is 2.16. The number of aliphatic imine (C=N–C) groups is 1. The van der Waals surface area contributed by atoms with Crippen LogP contribution in [0.1, 0.15) is 19.3 Å². The van der Waals surface area contributed by atoms with E-state index in [4.69, 9.17) is 4.74 Å². The molecule has 21 heavy (non-hydrogen) atoms. The SMILES string of the molecule is O=c1cc(O)cc(-c2ccc(OC3=NCCCC3)nc2)[nH]1. The summed E-state index contributed by atoms with van der Waals surface area (Å²) in [6.45, 7) is 0.804. The van der Waals surface area contributed by atoms with Crippen LogP contribution in [0, 0.1) is 0 Å². The molecule has 0 spiro atoms. The van der Waals surface area contributed by atoms with Gasteiger partial charge in [-0.15, -0.1) is 0 Å². The molecule has 1 aliphatic heterocycles. The fraction of sp³-hybridized carbons (Fsp3) is 0.267. The number of hydrogen-bond acceptors (Lipinski definition) is 5. The Morgan fingerprint density at radius 3 is 2.81 bits per heavy atom. The summed E-state index contributed by atoms with van der Waals surface area (Å²) in [5.74, 6) is 1.11. The number of nitrogens with one attached hydrogen (secondary N) is 1. The third-order valence-corrected chi connectivity index (χ3v) is 3.19. The second-order valence-electron chi connectivity index (χ2n) is 4.84. The van der Waals surface area contributed by atoms with Gasteiger partial charge >= 0.3 is 0 Å². The van der Waals surface area contributed by atoms with Gasteiger partial charge in [0.05, 0.1) is 5.69 Å². The highest BCUT2D eigenvalue weighted by atomic mass is 16.5. The van der Waals surface area contributed by atoms with Gasteiger partial charge in [0.1, 0.15) is 5.75 Å². The number of aromatic amines is 1. The van der Waals surface area contributed by atoms with Gasteiger partial charge in [-0.05, 0) is 18.9 Å². The van der Waals surface area contributed by atoms with Crippen LogP contribution in [0.25, 0.3) is 11.3 Å². The molecule has 6 nitrogen and oxygen atoms in total. The summed E-state index contributed by atoms with van der Waals surface area (Å²) in [6.07, 6.45) is 4.61. The maximum Gasteiger partial charge on any atom is 0.252 e. The molecule has 0 saturated heterocycles. The highest BCUT2D eigenvalue weighted by molar-refractivity contribution is 5.78. The minimum atomic E-state index is -0.359. The third kappa shape index (κ3) is 3.28. The highest BCUT2D eigenvalue weighted by Gasteiger charge is 2.09. The van der Waals surface area contributed by atoms with Gasteiger partial charge in [-0.3, -0.25) is 9.79 Å². The van der Waals surface area contributed by atoms with E-state index < -0.39 is 0 Å². The van der Waals surface area contributed by atoms with Gasteiger partial charge in [0.15, 0.2) is 5.90 Å². The molecule has 0 amide bonds. The quantitative estimate of drug-likeness (QED) is 0.884. The van der Waals surface area contributed by atoms with Crippen molar-refractivity contribution in [3.05, 3.63) is 40.8 Å². The molecule has 6 heteroatoms. The Bertz CT molecular complexity index is 720. The zero-order valence-electron chi connectivity index (χ0n) is 11.4. The number of pyridine rings is 2. The highest BCUT2D eigenvalue weighted by Crippen LogP contribution is 2.20. The van der Waals surface area contributed by atoms with Crippen LogP contribution in [0.3, 0.4) is 0 Å². The molecule has 2 aromatic rings. The van der Waals surface area contributed by atoms with Gasteiger partial charge in [-0.2, -0.15) is 0 Å². The summed E-state index contributed by atoms with van der Waals surface area (Å²) < 4.78 is 5.61. The summed E-state index contributed by atoms with van der Waals surface area (Å²) >= 11 is 0. The number of H-pyrrole nitrogens is 1. The Labute approximate surface area is 121 Å². The molecule has 2 N–H and O–H groups in total. The molecule has 2 aromatic heterocycles. The first-order valence-corrected chi connectivity index (χ1v) is 6.82. The number of aromatic nitrogens is 2. The van der Waals surface area contributed by atoms with E-state index in [1.807, 2.05) is 0 Å².